The molecule has 0 bridgehead atoms. The Morgan fingerprint density at radius 3 is 2.66 bits per heavy atom. The number of thioether (sulfide) groups is 1. The lowest BCUT2D eigenvalue weighted by Crippen LogP contribution is -2.61. The largest absolute Gasteiger partial charge is 0.500 e. The van der Waals surface area contributed by atoms with E-state index in [-0.39, 0.29) is 47.8 Å². The van der Waals surface area contributed by atoms with Gasteiger partial charge in [0.2, 0.25) is 4.38 Å². The molecule has 4 aliphatic rings. The minimum atomic E-state index is -0.867. The second kappa shape index (κ2) is 7.99. The predicted molar refractivity (Wildman–Crippen MR) is 128 cm³/mol. The highest BCUT2D eigenvalue weighted by Crippen LogP contribution is 2.66. The molecular formula is C25H31NO4S2. The number of fused-ring (bicyclic) bond motifs is 4. The molecule has 0 N–H and O–H groups in total. The number of hydrogen-bond donors (Lipinski definition) is 0. The minimum Gasteiger partial charge on any atom is -0.500 e. The number of allylic oxidation sites excluding steroid dienone is 4. The van der Waals surface area contributed by atoms with E-state index >= 15 is 0 Å². The van der Waals surface area contributed by atoms with Crippen molar-refractivity contribution in [3.05, 3.63) is 23.0 Å². The van der Waals surface area contributed by atoms with E-state index in [9.17, 15) is 14.9 Å². The molecule has 4 aliphatic carbocycles. The van der Waals surface area contributed by atoms with Crippen molar-refractivity contribution in [3.8, 4) is 6.07 Å². The van der Waals surface area contributed by atoms with Gasteiger partial charge < -0.3 is 9.47 Å². The van der Waals surface area contributed by atoms with Crippen LogP contribution < -0.4 is 0 Å². The molecule has 32 heavy (non-hydrogen) atoms. The summed E-state index contributed by atoms with van der Waals surface area (Å²) in [6.45, 7) is 6.41. The van der Waals surface area contributed by atoms with Gasteiger partial charge in [-0.15, -0.1) is 0 Å². The van der Waals surface area contributed by atoms with Gasteiger partial charge in [0.25, 0.3) is 0 Å². The Hall–Kier alpha value is -1.65. The number of methoxy groups -OCH3 is 1. The second-order valence-corrected chi connectivity index (χ2v) is 11.8. The van der Waals surface area contributed by atoms with E-state index in [1.165, 1.54) is 11.8 Å². The smallest absolute Gasteiger partial charge is 0.219 e. The standard InChI is InChI=1S/C25H31NO4S2/c1-23(2)18-10-17(27)21-15-7-6-14(12-26)24(15,3)9-8-16(21)25(18,13-30-22(31)32-5)19(28)11-20(23)29-4/h11,14,16,18H,6-10,13H2,1-5H3/t14-,16+,18-,24-,25-/m1/s1. The van der Waals surface area contributed by atoms with Crippen LogP contribution in [0.2, 0.25) is 0 Å². The Morgan fingerprint density at radius 2 is 2.03 bits per heavy atom. The summed E-state index contributed by atoms with van der Waals surface area (Å²) >= 11 is 6.67. The summed E-state index contributed by atoms with van der Waals surface area (Å²) in [7, 11) is 1.58. The highest BCUT2D eigenvalue weighted by Gasteiger charge is 2.66. The molecule has 5 atom stereocenters. The van der Waals surface area contributed by atoms with E-state index in [1.54, 1.807) is 13.2 Å². The summed E-state index contributed by atoms with van der Waals surface area (Å²) in [4.78, 5) is 27.6. The van der Waals surface area contributed by atoms with Crippen molar-refractivity contribution in [1.82, 2.24) is 0 Å². The molecule has 0 unspecified atom stereocenters. The van der Waals surface area contributed by atoms with Crippen LogP contribution in [0, 0.1) is 45.3 Å². The lowest BCUT2D eigenvalue weighted by Gasteiger charge is -2.58. The summed E-state index contributed by atoms with van der Waals surface area (Å²) < 4.78 is 12.0. The van der Waals surface area contributed by atoms with Crippen molar-refractivity contribution in [2.75, 3.05) is 20.0 Å². The summed E-state index contributed by atoms with van der Waals surface area (Å²) in [6, 6.07) is 2.48. The summed E-state index contributed by atoms with van der Waals surface area (Å²) in [5.41, 5.74) is 0.283. The first-order valence-electron chi connectivity index (χ1n) is 11.3. The maximum Gasteiger partial charge on any atom is 0.219 e. The van der Waals surface area contributed by atoms with Crippen LogP contribution in [0.5, 0.6) is 0 Å². The highest BCUT2D eigenvalue weighted by atomic mass is 32.2. The SMILES string of the molecule is COC1=CC(=O)[C@@]2(COC(=S)SC)[C@H](CC(=O)C3=C4CC[C@H](C#N)[C@@]4(C)CC[C@@H]32)C1(C)C. The van der Waals surface area contributed by atoms with E-state index in [2.05, 4.69) is 26.8 Å². The monoisotopic (exact) mass is 473 g/mol. The number of carbonyl (C=O) groups excluding carboxylic acids is 2. The summed E-state index contributed by atoms with van der Waals surface area (Å²) in [5.74, 6) is 0.168. The fourth-order valence-corrected chi connectivity index (χ4v) is 7.40. The van der Waals surface area contributed by atoms with E-state index < -0.39 is 10.8 Å². The first-order chi connectivity index (χ1) is 15.1. The van der Waals surface area contributed by atoms with Gasteiger partial charge in [0, 0.05) is 29.2 Å². The quantitative estimate of drug-likeness (QED) is 0.533. The lowest BCUT2D eigenvalue weighted by molar-refractivity contribution is -0.151. The third-order valence-electron chi connectivity index (χ3n) is 8.90. The van der Waals surface area contributed by atoms with Gasteiger partial charge in [-0.2, -0.15) is 5.26 Å². The van der Waals surface area contributed by atoms with Crippen molar-refractivity contribution in [2.45, 2.75) is 52.9 Å². The van der Waals surface area contributed by atoms with Gasteiger partial charge in [-0.1, -0.05) is 38.1 Å². The number of Topliss-reactive ketones (excluding diaryl/α,β-unsaturated/α-hetero) is 1. The second-order valence-electron chi connectivity index (χ2n) is 10.4. The first-order valence-corrected chi connectivity index (χ1v) is 12.9. The normalized spacial score (nSPS) is 37.6. The van der Waals surface area contributed by atoms with Gasteiger partial charge in [-0.25, -0.2) is 0 Å². The van der Waals surface area contributed by atoms with Crippen LogP contribution in [-0.2, 0) is 19.1 Å². The minimum absolute atomic E-state index is 0.0309. The fourth-order valence-electron chi connectivity index (χ4n) is 7.16. The van der Waals surface area contributed by atoms with Gasteiger partial charge in [0.15, 0.2) is 11.6 Å². The Kier molecular flexibility index (Phi) is 5.87. The molecule has 0 radical (unpaired) electrons. The molecule has 172 valence electrons. The summed E-state index contributed by atoms with van der Waals surface area (Å²) in [5, 5.41) is 9.74. The van der Waals surface area contributed by atoms with Crippen LogP contribution in [0.25, 0.3) is 0 Å². The average Bonchev–Trinajstić information content (AvgIpc) is 3.11. The Balaban J connectivity index is 1.92. The maximum absolute atomic E-state index is 13.9. The summed E-state index contributed by atoms with van der Waals surface area (Å²) in [6.07, 6.45) is 6.80. The molecule has 0 spiro atoms. The van der Waals surface area contributed by atoms with Crippen LogP contribution in [-0.4, -0.2) is 35.9 Å². The molecule has 7 heteroatoms. The van der Waals surface area contributed by atoms with E-state index in [0.717, 1.165) is 30.4 Å². The molecule has 0 aromatic carbocycles. The van der Waals surface area contributed by atoms with Crippen molar-refractivity contribution < 1.29 is 19.1 Å². The van der Waals surface area contributed by atoms with E-state index in [0.29, 0.717) is 16.6 Å². The number of thiocarbonyl (C=S) groups is 1. The molecule has 5 nitrogen and oxygen atoms in total. The zero-order chi connectivity index (χ0) is 23.5. The number of ether oxygens (including phenoxy) is 2. The van der Waals surface area contributed by atoms with Crippen molar-refractivity contribution in [2.24, 2.45) is 34.0 Å². The van der Waals surface area contributed by atoms with Gasteiger partial charge in [0.1, 0.15) is 12.4 Å². The first kappa shape index (κ1) is 23.5. The molecule has 0 aliphatic heterocycles. The molecule has 0 aromatic heterocycles. The third-order valence-corrected chi connectivity index (χ3v) is 9.97. The van der Waals surface area contributed by atoms with Crippen LogP contribution in [0.1, 0.15) is 52.9 Å². The number of hydrogen-bond acceptors (Lipinski definition) is 7. The maximum atomic E-state index is 13.9. The Labute approximate surface area is 200 Å². The third kappa shape index (κ3) is 3.05. The molecule has 0 amide bonds. The van der Waals surface area contributed by atoms with Crippen molar-refractivity contribution in [1.29, 1.82) is 5.26 Å². The van der Waals surface area contributed by atoms with E-state index in [1.807, 2.05) is 6.26 Å². The van der Waals surface area contributed by atoms with Gasteiger partial charge in [-0.05, 0) is 55.6 Å². The highest BCUT2D eigenvalue weighted by molar-refractivity contribution is 8.22. The topological polar surface area (TPSA) is 76.4 Å². The Morgan fingerprint density at radius 1 is 1.31 bits per heavy atom. The fraction of sp³-hybridized carbons (Fsp3) is 0.680. The number of nitriles is 1. The predicted octanol–water partition coefficient (Wildman–Crippen LogP) is 5.01. The van der Waals surface area contributed by atoms with Crippen molar-refractivity contribution in [3.63, 3.8) is 0 Å². The molecular weight excluding hydrogens is 442 g/mol. The molecule has 4 rings (SSSR count). The van der Waals surface area contributed by atoms with Crippen LogP contribution in [0.15, 0.2) is 23.0 Å². The van der Waals surface area contributed by atoms with E-state index in [4.69, 9.17) is 21.7 Å². The van der Waals surface area contributed by atoms with Gasteiger partial charge >= 0.3 is 0 Å². The zero-order valence-electron chi connectivity index (χ0n) is 19.4. The number of ketones is 2. The van der Waals surface area contributed by atoms with Crippen molar-refractivity contribution >= 4 is 39.9 Å². The average molecular weight is 474 g/mol. The number of carbonyl (C=O) groups is 2. The van der Waals surface area contributed by atoms with Gasteiger partial charge in [-0.3, -0.25) is 9.59 Å². The molecule has 0 saturated heterocycles. The van der Waals surface area contributed by atoms with Crippen LogP contribution in [0.3, 0.4) is 0 Å². The zero-order valence-corrected chi connectivity index (χ0v) is 21.1. The molecule has 2 fully saturated rings. The van der Waals surface area contributed by atoms with Crippen LogP contribution in [0.4, 0.5) is 0 Å². The molecule has 0 aromatic rings. The molecule has 0 heterocycles. The lowest BCUT2D eigenvalue weighted by atomic mass is 9.44. The Bertz CT molecular complexity index is 990. The van der Waals surface area contributed by atoms with Gasteiger partial charge in [0.05, 0.1) is 24.5 Å². The van der Waals surface area contributed by atoms with Crippen LogP contribution >= 0.6 is 24.0 Å². The number of rotatable bonds is 3. The molecule has 2 saturated carbocycles. The number of nitrogens with zero attached hydrogens (tertiary/aromatic N) is 1.